The van der Waals surface area contributed by atoms with Gasteiger partial charge in [0.25, 0.3) is 5.91 Å². The fourth-order valence-electron chi connectivity index (χ4n) is 3.34. The normalized spacial score (nSPS) is 15.5. The second kappa shape index (κ2) is 10.0. The summed E-state index contributed by atoms with van der Waals surface area (Å²) in [6.45, 7) is 3.90. The van der Waals surface area contributed by atoms with Gasteiger partial charge in [0.1, 0.15) is 0 Å². The number of amides is 1. The van der Waals surface area contributed by atoms with Crippen LogP contribution in [0.1, 0.15) is 35.8 Å². The zero-order chi connectivity index (χ0) is 23.4. The summed E-state index contributed by atoms with van der Waals surface area (Å²) in [5.74, 6) is -0.760. The van der Waals surface area contributed by atoms with Gasteiger partial charge in [-0.05, 0) is 71.8 Å². The molecule has 1 aliphatic rings. The van der Waals surface area contributed by atoms with Crippen molar-refractivity contribution in [1.29, 1.82) is 0 Å². The molecule has 1 atom stereocenters. The molecule has 1 unspecified atom stereocenters. The molecule has 2 aromatic carbocycles. The van der Waals surface area contributed by atoms with Crippen LogP contribution < -0.4 is 20.7 Å². The van der Waals surface area contributed by atoms with Crippen LogP contribution in [0, 0.1) is 0 Å². The van der Waals surface area contributed by atoms with Crippen molar-refractivity contribution >= 4 is 50.8 Å². The summed E-state index contributed by atoms with van der Waals surface area (Å²) < 4.78 is 10.7. The molecule has 0 aromatic heterocycles. The molecule has 10 heteroatoms. The van der Waals surface area contributed by atoms with E-state index in [0.29, 0.717) is 38.7 Å². The number of phenolic OH excluding ortho intramolecular Hbond substituents is 1. The molecule has 3 rings (SSSR count). The number of ether oxygens (including phenoxy) is 2. The van der Waals surface area contributed by atoms with Gasteiger partial charge in [0.2, 0.25) is 0 Å². The number of nitrogens with one attached hydrogen (secondary N) is 3. The number of carbonyl (C=O) groups excluding carboxylic acids is 2. The lowest BCUT2D eigenvalue weighted by atomic mass is 9.94. The average molecular weight is 520 g/mol. The van der Waals surface area contributed by atoms with Crippen LogP contribution >= 0.6 is 28.1 Å². The number of para-hydroxylation sites is 1. The molecule has 2 aromatic rings. The van der Waals surface area contributed by atoms with Gasteiger partial charge in [0.05, 0.1) is 41.1 Å². The number of methoxy groups -OCH3 is 1. The molecule has 4 N–H and O–H groups in total. The summed E-state index contributed by atoms with van der Waals surface area (Å²) in [5.41, 5.74) is 2.11. The number of thiocarbonyl (C=S) groups is 1. The van der Waals surface area contributed by atoms with Gasteiger partial charge in [-0.15, -0.1) is 0 Å². The number of rotatable bonds is 6. The van der Waals surface area contributed by atoms with Crippen LogP contribution in [0.15, 0.2) is 52.1 Å². The zero-order valence-corrected chi connectivity index (χ0v) is 20.0. The van der Waals surface area contributed by atoms with Crippen molar-refractivity contribution in [3.63, 3.8) is 0 Å². The van der Waals surface area contributed by atoms with Gasteiger partial charge in [-0.25, -0.2) is 4.79 Å². The maximum absolute atomic E-state index is 13.4. The summed E-state index contributed by atoms with van der Waals surface area (Å²) in [7, 11) is 1.28. The van der Waals surface area contributed by atoms with Crippen molar-refractivity contribution in [3.8, 4) is 11.5 Å². The lowest BCUT2D eigenvalue weighted by Gasteiger charge is -2.31. The molecule has 0 saturated carbocycles. The number of phenols is 1. The second-order valence-electron chi connectivity index (χ2n) is 6.84. The standard InChI is InChI=1S/C22H22BrN3O5S/c1-4-31-16-10-12(9-14(23)19(16)27)18-17(11(2)24-22(32)26-18)20(28)25-15-8-6-5-7-13(15)21(29)30-3/h5-10,18,27H,4H2,1-3H3,(H,25,28)(H2,24,26,32). The third kappa shape index (κ3) is 4.86. The summed E-state index contributed by atoms with van der Waals surface area (Å²) in [6.07, 6.45) is 0. The van der Waals surface area contributed by atoms with Gasteiger partial charge in [-0.3, -0.25) is 4.79 Å². The van der Waals surface area contributed by atoms with Crippen LogP contribution in [0.3, 0.4) is 0 Å². The Labute approximate surface area is 199 Å². The molecule has 0 spiro atoms. The molecule has 0 radical (unpaired) electrons. The van der Waals surface area contributed by atoms with E-state index in [2.05, 4.69) is 31.9 Å². The van der Waals surface area contributed by atoms with Crippen LogP contribution in [0.4, 0.5) is 5.69 Å². The smallest absolute Gasteiger partial charge is 0.339 e. The van der Waals surface area contributed by atoms with E-state index in [4.69, 9.17) is 21.7 Å². The van der Waals surface area contributed by atoms with Gasteiger partial charge in [0.15, 0.2) is 16.6 Å². The van der Waals surface area contributed by atoms with E-state index in [1.807, 2.05) is 0 Å². The number of hydrogen-bond acceptors (Lipinski definition) is 6. The van der Waals surface area contributed by atoms with Crippen LogP contribution in [-0.2, 0) is 9.53 Å². The number of aromatic hydroxyl groups is 1. The van der Waals surface area contributed by atoms with E-state index >= 15 is 0 Å². The van der Waals surface area contributed by atoms with E-state index in [0.717, 1.165) is 0 Å². The first-order valence-electron chi connectivity index (χ1n) is 9.69. The molecule has 8 nitrogen and oxygen atoms in total. The van der Waals surface area contributed by atoms with Gasteiger partial charge in [-0.2, -0.15) is 0 Å². The van der Waals surface area contributed by atoms with Crippen LogP contribution in [0.25, 0.3) is 0 Å². The summed E-state index contributed by atoms with van der Waals surface area (Å²) in [4.78, 5) is 25.4. The summed E-state index contributed by atoms with van der Waals surface area (Å²) in [5, 5.41) is 19.5. The van der Waals surface area contributed by atoms with Crippen molar-refractivity contribution in [2.45, 2.75) is 19.9 Å². The van der Waals surface area contributed by atoms with Gasteiger partial charge < -0.3 is 30.5 Å². The number of benzene rings is 2. The number of esters is 1. The maximum Gasteiger partial charge on any atom is 0.339 e. The highest BCUT2D eigenvalue weighted by Crippen LogP contribution is 2.39. The summed E-state index contributed by atoms with van der Waals surface area (Å²) >= 11 is 8.63. The van der Waals surface area contributed by atoms with E-state index < -0.39 is 17.9 Å². The molecule has 1 amide bonds. The van der Waals surface area contributed by atoms with Crippen molar-refractivity contribution in [2.24, 2.45) is 0 Å². The molecule has 0 bridgehead atoms. The number of halogens is 1. The average Bonchev–Trinajstić information content (AvgIpc) is 2.76. The van der Waals surface area contributed by atoms with E-state index in [9.17, 15) is 14.7 Å². The van der Waals surface area contributed by atoms with Crippen molar-refractivity contribution in [1.82, 2.24) is 10.6 Å². The molecule has 0 saturated heterocycles. The highest BCUT2D eigenvalue weighted by Gasteiger charge is 2.31. The molecule has 32 heavy (non-hydrogen) atoms. The molecular weight excluding hydrogens is 498 g/mol. The van der Waals surface area contributed by atoms with Crippen molar-refractivity contribution < 1.29 is 24.2 Å². The Balaban J connectivity index is 2.03. The second-order valence-corrected chi connectivity index (χ2v) is 8.11. The van der Waals surface area contributed by atoms with Gasteiger partial charge in [-0.1, -0.05) is 12.1 Å². The molecule has 1 heterocycles. The molecule has 0 fully saturated rings. The SMILES string of the molecule is CCOc1cc(C2NC(=S)NC(C)=C2C(=O)Nc2ccccc2C(=O)OC)cc(Br)c1O. The quantitative estimate of drug-likeness (QED) is 0.337. The van der Waals surface area contributed by atoms with Crippen LogP contribution in [-0.4, -0.2) is 35.8 Å². The summed E-state index contributed by atoms with van der Waals surface area (Å²) in [6, 6.07) is 9.28. The molecule has 168 valence electrons. The fraction of sp³-hybridized carbons (Fsp3) is 0.227. The molecular formula is C22H22BrN3O5S. The predicted octanol–water partition coefficient (Wildman–Crippen LogP) is 3.77. The van der Waals surface area contributed by atoms with Crippen LogP contribution in [0.2, 0.25) is 0 Å². The number of carbonyl (C=O) groups is 2. The first kappa shape index (κ1) is 23.6. The van der Waals surface area contributed by atoms with Gasteiger partial charge >= 0.3 is 5.97 Å². The maximum atomic E-state index is 13.4. The number of allylic oxidation sites excluding steroid dienone is 1. The molecule has 1 aliphatic heterocycles. The number of anilines is 1. The minimum atomic E-state index is -0.634. The minimum Gasteiger partial charge on any atom is -0.503 e. The first-order valence-corrected chi connectivity index (χ1v) is 10.9. The monoisotopic (exact) mass is 519 g/mol. The predicted molar refractivity (Wildman–Crippen MR) is 128 cm³/mol. The van der Waals surface area contributed by atoms with Crippen LogP contribution in [0.5, 0.6) is 11.5 Å². The fourth-order valence-corrected chi connectivity index (χ4v) is 4.07. The lowest BCUT2D eigenvalue weighted by Crippen LogP contribution is -2.45. The Morgan fingerprint density at radius 3 is 2.69 bits per heavy atom. The highest BCUT2D eigenvalue weighted by atomic mass is 79.9. The Hall–Kier alpha value is -3.11. The highest BCUT2D eigenvalue weighted by molar-refractivity contribution is 9.10. The largest absolute Gasteiger partial charge is 0.503 e. The minimum absolute atomic E-state index is 0.0363. The van der Waals surface area contributed by atoms with E-state index in [-0.39, 0.29) is 17.1 Å². The lowest BCUT2D eigenvalue weighted by molar-refractivity contribution is -0.113. The topological polar surface area (TPSA) is 109 Å². The Kier molecular flexibility index (Phi) is 7.37. The third-order valence-corrected chi connectivity index (χ3v) is 5.60. The van der Waals surface area contributed by atoms with E-state index in [1.165, 1.54) is 7.11 Å². The van der Waals surface area contributed by atoms with Crippen molar-refractivity contribution in [3.05, 3.63) is 63.3 Å². The van der Waals surface area contributed by atoms with Crippen molar-refractivity contribution in [2.75, 3.05) is 19.0 Å². The number of hydrogen-bond donors (Lipinski definition) is 4. The van der Waals surface area contributed by atoms with E-state index in [1.54, 1.807) is 50.2 Å². The Morgan fingerprint density at radius 2 is 2.00 bits per heavy atom. The third-order valence-electron chi connectivity index (χ3n) is 4.78. The Morgan fingerprint density at radius 1 is 1.28 bits per heavy atom. The first-order chi connectivity index (χ1) is 15.3. The zero-order valence-electron chi connectivity index (χ0n) is 17.6. The van der Waals surface area contributed by atoms with Gasteiger partial charge in [0, 0.05) is 5.70 Å². The Bertz CT molecular complexity index is 1120. The molecule has 0 aliphatic carbocycles.